The summed E-state index contributed by atoms with van der Waals surface area (Å²) >= 11 is 5.01. The van der Waals surface area contributed by atoms with Gasteiger partial charge in [0.2, 0.25) is 24.1 Å². The van der Waals surface area contributed by atoms with Crippen LogP contribution in [0.15, 0.2) is 33.0 Å². The van der Waals surface area contributed by atoms with Crippen LogP contribution in [0.1, 0.15) is 19.3 Å². The van der Waals surface area contributed by atoms with Crippen LogP contribution in [0.3, 0.4) is 0 Å². The SMILES string of the molecule is Nc1nc[n+](CCC2CCCN2C(=O)O)c2nc(Sc3cc4c(cc3Br)OCO4)[nH]c12. The summed E-state index contributed by atoms with van der Waals surface area (Å²) in [6.45, 7) is 1.40. The van der Waals surface area contributed by atoms with Crippen molar-refractivity contribution < 1.29 is 23.9 Å². The zero-order valence-corrected chi connectivity index (χ0v) is 18.8. The highest BCUT2D eigenvalue weighted by molar-refractivity contribution is 9.10. The van der Waals surface area contributed by atoms with E-state index in [1.165, 1.54) is 16.7 Å². The third kappa shape index (κ3) is 3.85. The van der Waals surface area contributed by atoms with Gasteiger partial charge >= 0.3 is 6.09 Å². The standard InChI is InChI=1S/C19H19BrN6O4S/c20-11-6-12-13(30-9-29-12)7-14(11)31-18-23-15-16(21)22-8-25(17(15)24-18)5-3-10-2-1-4-26(10)19(27)28/h6-8,10H,1-5,9H2,(H3,21,23,24,27,28)/p+1. The Balaban J connectivity index is 1.39. The van der Waals surface area contributed by atoms with E-state index >= 15 is 0 Å². The van der Waals surface area contributed by atoms with Gasteiger partial charge in [0.25, 0.3) is 5.65 Å². The molecule has 2 aliphatic heterocycles. The number of aryl methyl sites for hydroxylation is 1. The number of anilines is 1. The minimum absolute atomic E-state index is 0.00924. The quantitative estimate of drug-likeness (QED) is 0.449. The fourth-order valence-electron chi connectivity index (χ4n) is 3.95. The van der Waals surface area contributed by atoms with E-state index in [1.54, 1.807) is 6.33 Å². The predicted octanol–water partition coefficient (Wildman–Crippen LogP) is 3.00. The minimum atomic E-state index is -0.860. The number of rotatable bonds is 5. The van der Waals surface area contributed by atoms with Crippen LogP contribution >= 0.6 is 27.7 Å². The summed E-state index contributed by atoms with van der Waals surface area (Å²) in [4.78, 5) is 26.1. The number of nitrogens with one attached hydrogen (secondary N) is 1. The highest BCUT2D eigenvalue weighted by Crippen LogP contribution is 2.42. The molecule has 1 amide bonds. The molecule has 0 spiro atoms. The number of likely N-dealkylation sites (tertiary alicyclic amines) is 1. The van der Waals surface area contributed by atoms with E-state index in [0.717, 1.165) is 22.2 Å². The van der Waals surface area contributed by atoms with E-state index in [-0.39, 0.29) is 12.8 Å². The second kappa shape index (κ2) is 8.08. The van der Waals surface area contributed by atoms with Crippen molar-refractivity contribution in [1.82, 2.24) is 19.9 Å². The van der Waals surface area contributed by atoms with Crippen molar-refractivity contribution in [2.45, 2.75) is 41.9 Å². The van der Waals surface area contributed by atoms with Crippen LogP contribution in [-0.2, 0) is 6.54 Å². The van der Waals surface area contributed by atoms with Gasteiger partial charge in [0.15, 0.2) is 17.0 Å². The molecule has 2 aromatic heterocycles. The number of hydrogen-bond donors (Lipinski definition) is 3. The number of imidazole rings is 1. The number of hydrogen-bond acceptors (Lipinski definition) is 7. The molecule has 0 saturated carbocycles. The second-order valence-electron chi connectivity index (χ2n) is 7.36. The third-order valence-corrected chi connectivity index (χ3v) is 7.35. The predicted molar refractivity (Wildman–Crippen MR) is 115 cm³/mol. The molecule has 12 heteroatoms. The van der Waals surface area contributed by atoms with E-state index in [2.05, 4.69) is 25.9 Å². The number of H-pyrrole nitrogens is 1. The van der Waals surface area contributed by atoms with E-state index in [4.69, 9.17) is 20.2 Å². The van der Waals surface area contributed by atoms with E-state index in [9.17, 15) is 9.90 Å². The van der Waals surface area contributed by atoms with Crippen LogP contribution < -0.4 is 19.8 Å². The maximum absolute atomic E-state index is 11.4. The van der Waals surface area contributed by atoms with Crippen LogP contribution in [0.2, 0.25) is 0 Å². The molecular formula is C19H20BrN6O4S+. The summed E-state index contributed by atoms with van der Waals surface area (Å²) in [5.74, 6) is 1.76. The zero-order valence-electron chi connectivity index (χ0n) is 16.4. The van der Waals surface area contributed by atoms with Crippen molar-refractivity contribution in [3.63, 3.8) is 0 Å². The molecule has 0 bridgehead atoms. The largest absolute Gasteiger partial charge is 0.465 e. The average molecular weight is 508 g/mol. The molecule has 1 atom stereocenters. The van der Waals surface area contributed by atoms with Gasteiger partial charge in [-0.05, 0) is 59.1 Å². The van der Waals surface area contributed by atoms with Gasteiger partial charge in [-0.2, -0.15) is 0 Å². The molecule has 0 radical (unpaired) electrons. The highest BCUT2D eigenvalue weighted by Gasteiger charge is 2.29. The van der Waals surface area contributed by atoms with Gasteiger partial charge in [-0.1, -0.05) is 9.97 Å². The third-order valence-electron chi connectivity index (χ3n) is 5.49. The number of benzene rings is 1. The summed E-state index contributed by atoms with van der Waals surface area (Å²) in [5.41, 5.74) is 7.42. The molecule has 1 unspecified atom stereocenters. The van der Waals surface area contributed by atoms with Crippen LogP contribution in [0, 0.1) is 0 Å². The molecule has 31 heavy (non-hydrogen) atoms. The number of aromatic nitrogens is 4. The van der Waals surface area contributed by atoms with E-state index in [1.807, 2.05) is 16.7 Å². The first-order chi connectivity index (χ1) is 15.0. The summed E-state index contributed by atoms with van der Waals surface area (Å²) in [6, 6.07) is 3.79. The van der Waals surface area contributed by atoms with Crippen molar-refractivity contribution in [3.8, 4) is 11.5 Å². The molecule has 1 fully saturated rings. The van der Waals surface area contributed by atoms with Crippen molar-refractivity contribution in [2.75, 3.05) is 19.1 Å². The average Bonchev–Trinajstić information content (AvgIpc) is 3.47. The maximum Gasteiger partial charge on any atom is 0.407 e. The normalized spacial score (nSPS) is 17.6. The fourth-order valence-corrected chi connectivity index (χ4v) is 5.33. The van der Waals surface area contributed by atoms with Crippen LogP contribution in [0.4, 0.5) is 10.6 Å². The van der Waals surface area contributed by atoms with Crippen LogP contribution in [0.25, 0.3) is 11.2 Å². The van der Waals surface area contributed by atoms with E-state index in [0.29, 0.717) is 53.1 Å². The fraction of sp³-hybridized carbons (Fsp3) is 0.368. The molecule has 4 N–H and O–H groups in total. The molecule has 4 heterocycles. The van der Waals surface area contributed by atoms with Crippen molar-refractivity contribution in [1.29, 1.82) is 0 Å². The van der Waals surface area contributed by atoms with Gasteiger partial charge in [-0.3, -0.25) is 0 Å². The Morgan fingerprint density at radius 1 is 1.42 bits per heavy atom. The minimum Gasteiger partial charge on any atom is -0.465 e. The number of nitrogen functional groups attached to an aromatic ring is 1. The number of halogens is 1. The van der Waals surface area contributed by atoms with Crippen molar-refractivity contribution >= 4 is 50.8 Å². The Kier molecular flexibility index (Phi) is 5.26. The number of aromatic amines is 1. The van der Waals surface area contributed by atoms with Crippen molar-refractivity contribution in [2.24, 2.45) is 0 Å². The number of fused-ring (bicyclic) bond motifs is 2. The van der Waals surface area contributed by atoms with Gasteiger partial charge in [-0.25, -0.2) is 9.36 Å². The van der Waals surface area contributed by atoms with Gasteiger partial charge < -0.3 is 30.2 Å². The number of carbonyl (C=O) groups is 1. The molecule has 10 nitrogen and oxygen atoms in total. The molecule has 162 valence electrons. The smallest absolute Gasteiger partial charge is 0.407 e. The lowest BCUT2D eigenvalue weighted by atomic mass is 10.1. The lowest BCUT2D eigenvalue weighted by molar-refractivity contribution is -0.676. The monoisotopic (exact) mass is 507 g/mol. The van der Waals surface area contributed by atoms with Crippen LogP contribution in [-0.4, -0.2) is 50.4 Å². The summed E-state index contributed by atoms with van der Waals surface area (Å²) < 4.78 is 13.7. The van der Waals surface area contributed by atoms with Gasteiger partial charge in [0.05, 0.1) is 6.54 Å². The zero-order chi connectivity index (χ0) is 21.5. The van der Waals surface area contributed by atoms with Gasteiger partial charge in [0, 0.05) is 22.0 Å². The van der Waals surface area contributed by atoms with E-state index < -0.39 is 6.09 Å². The number of amides is 1. The molecule has 2 aliphatic rings. The number of nitrogens with two attached hydrogens (primary N) is 1. The molecule has 3 aromatic rings. The molecular weight excluding hydrogens is 488 g/mol. The first-order valence-electron chi connectivity index (χ1n) is 9.80. The first-order valence-corrected chi connectivity index (χ1v) is 11.4. The Hall–Kier alpha value is -2.73. The Morgan fingerprint density at radius 2 is 2.23 bits per heavy atom. The number of ether oxygens (including phenoxy) is 2. The first kappa shape index (κ1) is 20.2. The topological polar surface area (TPSA) is 130 Å². The second-order valence-corrected chi connectivity index (χ2v) is 9.25. The summed E-state index contributed by atoms with van der Waals surface area (Å²) in [6.07, 6.45) is 3.26. The number of nitrogens with zero attached hydrogens (tertiary/aromatic N) is 4. The molecule has 0 aliphatic carbocycles. The maximum atomic E-state index is 11.4. The lowest BCUT2D eigenvalue weighted by Crippen LogP contribution is -2.41. The highest BCUT2D eigenvalue weighted by atomic mass is 79.9. The van der Waals surface area contributed by atoms with Gasteiger partial charge in [0.1, 0.15) is 0 Å². The summed E-state index contributed by atoms with van der Waals surface area (Å²) in [7, 11) is 0. The van der Waals surface area contributed by atoms with Gasteiger partial charge in [-0.15, -0.1) is 0 Å². The van der Waals surface area contributed by atoms with Crippen molar-refractivity contribution in [3.05, 3.63) is 22.9 Å². The molecule has 5 rings (SSSR count). The molecule has 1 aromatic carbocycles. The Labute approximate surface area is 189 Å². The Bertz CT molecular complexity index is 1170. The summed E-state index contributed by atoms with van der Waals surface area (Å²) in [5, 5.41) is 10.0. The Morgan fingerprint density at radius 3 is 3.03 bits per heavy atom. The van der Waals surface area contributed by atoms with Crippen LogP contribution in [0.5, 0.6) is 11.5 Å². The lowest BCUT2D eigenvalue weighted by Gasteiger charge is -2.20. The number of carboxylic acid groups (broad SMARTS) is 1. The molecule has 1 saturated heterocycles.